The van der Waals surface area contributed by atoms with Gasteiger partial charge in [-0.05, 0) is 114 Å². The molecule has 0 radical (unpaired) electrons. The topological polar surface area (TPSA) is 251 Å². The van der Waals surface area contributed by atoms with Crippen molar-refractivity contribution in [1.29, 1.82) is 10.5 Å². The molecular formula is C113H67N19. The molecule has 0 aliphatic carbocycles. The van der Waals surface area contributed by atoms with E-state index in [1.54, 1.807) is 12.1 Å². The zero-order valence-corrected chi connectivity index (χ0v) is 70.2. The van der Waals surface area contributed by atoms with Gasteiger partial charge in [-0.3, -0.25) is 0 Å². The number of benzene rings is 16. The molecule has 0 aliphatic rings. The molecule has 0 saturated carbocycles. The van der Waals surface area contributed by atoms with E-state index < -0.39 is 0 Å². The van der Waals surface area contributed by atoms with Gasteiger partial charge < -0.3 is 9.13 Å². The third-order valence-electron chi connectivity index (χ3n) is 23.5. The number of aromatic nitrogens is 17. The van der Waals surface area contributed by atoms with Crippen molar-refractivity contribution in [1.82, 2.24) is 83.9 Å². The summed E-state index contributed by atoms with van der Waals surface area (Å²) in [5.74, 6) is 6.70. The second-order valence-corrected chi connectivity index (χ2v) is 31.6. The van der Waals surface area contributed by atoms with Gasteiger partial charge >= 0.3 is 0 Å². The summed E-state index contributed by atoms with van der Waals surface area (Å²) in [6, 6.07) is 139. The number of rotatable bonds is 18. The van der Waals surface area contributed by atoms with Crippen LogP contribution in [0.1, 0.15) is 11.1 Å². The fraction of sp³-hybridized carbons (Fsp3) is 0. The molecule has 16 aromatic carbocycles. The van der Waals surface area contributed by atoms with E-state index in [2.05, 4.69) is 88.0 Å². The summed E-state index contributed by atoms with van der Waals surface area (Å²) in [5.41, 5.74) is 17.7. The standard InChI is InChI=1S/C113H67N19/c114-68-70-31-28-50-80(63-70)86-52-30-54-96(132-93-61-57-83(110-124-103(75-40-18-5-19-41-75)118-104(125-110)76-42-20-6-21-43-76)66-89(93)90-67-84(58-62-94(90)132)111-126-105(77-44-22-7-23-45-77)119-106(127-111)78-46-24-8-25-47-78)98(86)113-129-107(79-48-26-9-27-49-79)128-112(130-113)97-85(69-115)51-29-53-95(97)131-91-59-55-81(108-120-99(71-32-10-1-11-33-71)116-100(121-108)72-34-12-2-13-35-72)64-87(91)88-65-82(56-60-92(88)131)109-122-101(73-36-14-3-15-37-73)117-102(123-109)74-38-16-4-17-39-74/h1-67H. The van der Waals surface area contributed by atoms with Gasteiger partial charge in [0.05, 0.1) is 67.8 Å². The van der Waals surface area contributed by atoms with Crippen molar-refractivity contribution in [3.63, 3.8) is 0 Å². The number of nitriles is 2. The highest BCUT2D eigenvalue weighted by Crippen LogP contribution is 2.47. The molecule has 19 nitrogen and oxygen atoms in total. The Morgan fingerprint density at radius 2 is 0.386 bits per heavy atom. The zero-order valence-electron chi connectivity index (χ0n) is 70.2. The summed E-state index contributed by atoms with van der Waals surface area (Å²) in [5, 5.41) is 26.1. The fourth-order valence-corrected chi connectivity index (χ4v) is 17.2. The molecule has 7 heterocycles. The van der Waals surface area contributed by atoms with Crippen LogP contribution in [0, 0.1) is 22.7 Å². The first kappa shape index (κ1) is 77.9. The zero-order chi connectivity index (χ0) is 88.0. The third-order valence-corrected chi connectivity index (χ3v) is 23.5. The third kappa shape index (κ3) is 14.7. The molecule has 0 atom stereocenters. The Hall–Kier alpha value is -18.9. The summed E-state index contributed by atoms with van der Waals surface area (Å²) in [4.78, 5) is 79.5. The Labute approximate surface area is 756 Å². The van der Waals surface area contributed by atoms with Gasteiger partial charge in [0, 0.05) is 93.9 Å². The molecule has 614 valence electrons. The van der Waals surface area contributed by atoms with Gasteiger partial charge in [-0.1, -0.05) is 303 Å². The highest BCUT2D eigenvalue weighted by molar-refractivity contribution is 6.14. The molecule has 0 bridgehead atoms. The molecule has 0 spiro atoms. The smallest absolute Gasteiger partial charge is 0.167 e. The van der Waals surface area contributed by atoms with E-state index in [0.717, 1.165) is 110 Å². The molecular weight excluding hydrogens is 1620 g/mol. The lowest BCUT2D eigenvalue weighted by Gasteiger charge is -2.19. The van der Waals surface area contributed by atoms with Crippen LogP contribution in [0.5, 0.6) is 0 Å². The van der Waals surface area contributed by atoms with Gasteiger partial charge in [-0.15, -0.1) is 0 Å². The molecule has 7 aromatic heterocycles. The quantitative estimate of drug-likeness (QED) is 0.0774. The molecule has 0 saturated heterocycles. The number of hydrogen-bond acceptors (Lipinski definition) is 17. The van der Waals surface area contributed by atoms with E-state index >= 15 is 0 Å². The molecule has 23 rings (SSSR count). The summed E-state index contributed by atoms with van der Waals surface area (Å²) in [6.45, 7) is 0. The second-order valence-electron chi connectivity index (χ2n) is 31.6. The van der Waals surface area contributed by atoms with E-state index in [-0.39, 0.29) is 17.2 Å². The first-order chi connectivity index (χ1) is 65.3. The van der Waals surface area contributed by atoms with Gasteiger partial charge in [-0.2, -0.15) is 10.5 Å². The second kappa shape index (κ2) is 33.6. The van der Waals surface area contributed by atoms with Crippen LogP contribution in [0.15, 0.2) is 406 Å². The Morgan fingerprint density at radius 1 is 0.167 bits per heavy atom. The van der Waals surface area contributed by atoms with Crippen LogP contribution in [-0.4, -0.2) is 83.9 Å². The SMILES string of the molecule is N#Cc1cccc(-c2cccc(-n3c4ccc(-c5nc(-c6ccccc6)nc(-c6ccccc6)n5)cc4c4cc(-c5nc(-c6ccccc6)nc(-c6ccccc6)n5)ccc43)c2-c2nc(-c3ccccc3)nc(-c3c(C#N)cccc3-n3c4ccc(-c5nc(-c6ccccc6)nc(-c6ccccc6)n5)cc4c4cc(-c5nc(-c6ccccc6)nc(-c6ccccc6)n5)ccc43)n2)c1. The maximum absolute atomic E-state index is 12.0. The Balaban J connectivity index is 0.771. The monoisotopic (exact) mass is 1690 g/mol. The van der Waals surface area contributed by atoms with Crippen molar-refractivity contribution in [2.24, 2.45) is 0 Å². The molecule has 132 heavy (non-hydrogen) atoms. The highest BCUT2D eigenvalue weighted by Gasteiger charge is 2.30. The minimum atomic E-state index is 0.195. The average Bonchev–Trinajstić information content (AvgIpc) is 1.56. The molecule has 0 unspecified atom stereocenters. The number of fused-ring (bicyclic) bond motifs is 6. The van der Waals surface area contributed by atoms with Crippen LogP contribution in [0.4, 0.5) is 0 Å². The van der Waals surface area contributed by atoms with Gasteiger partial charge in [0.1, 0.15) is 0 Å². The van der Waals surface area contributed by atoms with Crippen LogP contribution < -0.4 is 0 Å². The maximum Gasteiger partial charge on any atom is 0.167 e. The van der Waals surface area contributed by atoms with Crippen LogP contribution >= 0.6 is 0 Å². The molecule has 19 heteroatoms. The summed E-state index contributed by atoms with van der Waals surface area (Å²) in [6.07, 6.45) is 0. The minimum Gasteiger partial charge on any atom is -0.308 e. The van der Waals surface area contributed by atoms with Crippen LogP contribution in [0.2, 0.25) is 0 Å². The van der Waals surface area contributed by atoms with Crippen LogP contribution in [0.3, 0.4) is 0 Å². The first-order valence-electron chi connectivity index (χ1n) is 43.0. The van der Waals surface area contributed by atoms with Crippen molar-refractivity contribution in [2.45, 2.75) is 0 Å². The molecule has 0 N–H and O–H groups in total. The fourth-order valence-electron chi connectivity index (χ4n) is 17.2. The summed E-state index contributed by atoms with van der Waals surface area (Å²) in [7, 11) is 0. The maximum atomic E-state index is 12.0. The molecule has 0 aliphatic heterocycles. The van der Waals surface area contributed by atoms with Crippen molar-refractivity contribution < 1.29 is 0 Å². The van der Waals surface area contributed by atoms with E-state index in [9.17, 15) is 10.5 Å². The Morgan fingerprint density at radius 3 is 0.652 bits per heavy atom. The lowest BCUT2D eigenvalue weighted by atomic mass is 9.95. The van der Waals surface area contributed by atoms with Crippen molar-refractivity contribution in [3.8, 4) is 205 Å². The van der Waals surface area contributed by atoms with Crippen LogP contribution in [-0.2, 0) is 0 Å². The molecule has 0 amide bonds. The minimum absolute atomic E-state index is 0.195. The number of nitrogens with zero attached hydrogens (tertiary/aromatic N) is 19. The largest absolute Gasteiger partial charge is 0.308 e. The predicted octanol–water partition coefficient (Wildman–Crippen LogP) is 25.2. The average molecular weight is 1690 g/mol. The van der Waals surface area contributed by atoms with E-state index in [0.29, 0.717) is 120 Å². The lowest BCUT2D eigenvalue weighted by molar-refractivity contribution is 1.06. The van der Waals surface area contributed by atoms with Crippen LogP contribution in [0.25, 0.3) is 237 Å². The van der Waals surface area contributed by atoms with E-state index in [1.807, 2.05) is 328 Å². The van der Waals surface area contributed by atoms with Gasteiger partial charge in [0.15, 0.2) is 87.4 Å². The highest BCUT2D eigenvalue weighted by atomic mass is 15.1. The predicted molar refractivity (Wildman–Crippen MR) is 518 cm³/mol. The lowest BCUT2D eigenvalue weighted by Crippen LogP contribution is -2.07. The Bertz CT molecular complexity index is 7910. The Kier molecular flexibility index (Phi) is 19.8. The van der Waals surface area contributed by atoms with Gasteiger partial charge in [0.25, 0.3) is 0 Å². The van der Waals surface area contributed by atoms with Gasteiger partial charge in [-0.25, -0.2) is 74.8 Å². The molecule has 0 fully saturated rings. The van der Waals surface area contributed by atoms with E-state index in [4.69, 9.17) is 74.8 Å². The van der Waals surface area contributed by atoms with Gasteiger partial charge in [0.2, 0.25) is 0 Å². The first-order valence-corrected chi connectivity index (χ1v) is 43.0. The molecule has 23 aromatic rings. The van der Waals surface area contributed by atoms with Crippen molar-refractivity contribution in [3.05, 3.63) is 418 Å². The van der Waals surface area contributed by atoms with Crippen molar-refractivity contribution >= 4 is 43.6 Å². The summed E-state index contributed by atoms with van der Waals surface area (Å²) < 4.78 is 4.42. The van der Waals surface area contributed by atoms with Crippen molar-refractivity contribution in [2.75, 3.05) is 0 Å². The normalized spacial score (nSPS) is 11.3. The van der Waals surface area contributed by atoms with E-state index in [1.165, 1.54) is 0 Å². The number of hydrogen-bond donors (Lipinski definition) is 0. The summed E-state index contributed by atoms with van der Waals surface area (Å²) >= 11 is 0.